The highest BCUT2D eigenvalue weighted by Crippen LogP contribution is 2.45. The summed E-state index contributed by atoms with van der Waals surface area (Å²) in [6.07, 6.45) is 5.57. The molecule has 5 rings (SSSR count). The van der Waals surface area contributed by atoms with Crippen LogP contribution in [0.5, 0.6) is 0 Å². The first-order chi connectivity index (χ1) is 16.9. The van der Waals surface area contributed by atoms with E-state index in [1.54, 1.807) is 6.20 Å². The second-order valence-electron chi connectivity index (χ2n) is 10.2. The fraction of sp³-hybridized carbons (Fsp3) is 0.560. The van der Waals surface area contributed by atoms with Crippen LogP contribution in [0.2, 0.25) is 0 Å². The van der Waals surface area contributed by atoms with Gasteiger partial charge in [-0.3, -0.25) is 4.79 Å². The molecule has 2 atom stereocenters. The number of fused-ring (bicyclic) bond motifs is 1. The third-order valence-electron chi connectivity index (χ3n) is 7.57. The molecule has 1 aliphatic heterocycles. The van der Waals surface area contributed by atoms with Crippen LogP contribution in [-0.4, -0.2) is 50.9 Å². The third kappa shape index (κ3) is 5.92. The Morgan fingerprint density at radius 3 is 2.57 bits per heavy atom. The quantitative estimate of drug-likeness (QED) is 0.408. The molecule has 2 aromatic rings. The summed E-state index contributed by atoms with van der Waals surface area (Å²) in [5.74, 6) is 2.56. The van der Waals surface area contributed by atoms with E-state index in [1.807, 2.05) is 0 Å². The molecule has 2 saturated carbocycles. The molecule has 188 valence electrons. The molecule has 1 saturated heterocycles. The number of aromatic nitrogens is 2. The Labute approximate surface area is 207 Å². The van der Waals surface area contributed by atoms with E-state index in [4.69, 9.17) is 19.3 Å². The van der Waals surface area contributed by atoms with Gasteiger partial charge in [0.25, 0.3) is 5.91 Å². The van der Waals surface area contributed by atoms with E-state index in [9.17, 15) is 4.79 Å². The topological polar surface area (TPSA) is 120 Å². The maximum atomic E-state index is 13.2. The Morgan fingerprint density at radius 2 is 1.89 bits per heavy atom. The first-order valence-electron chi connectivity index (χ1n) is 12.4. The monoisotopic (exact) mass is 499 g/mol. The number of piperidine rings is 1. The first kappa shape index (κ1) is 24.4. The summed E-state index contributed by atoms with van der Waals surface area (Å²) in [6.45, 7) is 6.74. The Morgan fingerprint density at radius 1 is 1.14 bits per heavy atom. The SMILES string of the molecule is Cc1ccc(CNc2nc(N3CC4CC4C3)ncc2C(=O)NC2CCC(OP(O)O)CC2)cc1C. The van der Waals surface area contributed by atoms with Crippen LogP contribution in [0.15, 0.2) is 24.4 Å². The third-order valence-corrected chi connectivity index (χ3v) is 8.05. The number of nitrogens with one attached hydrogen (secondary N) is 2. The van der Waals surface area contributed by atoms with Crippen LogP contribution in [0.3, 0.4) is 0 Å². The molecular formula is C25H34N5O4P. The summed E-state index contributed by atoms with van der Waals surface area (Å²) in [5, 5.41) is 6.52. The smallest absolute Gasteiger partial charge is 0.327 e. The van der Waals surface area contributed by atoms with E-state index < -0.39 is 8.60 Å². The predicted octanol–water partition coefficient (Wildman–Crippen LogP) is 3.43. The number of carbonyl (C=O) groups is 1. The minimum atomic E-state index is -2.35. The molecule has 2 heterocycles. The molecule has 9 nitrogen and oxygen atoms in total. The normalized spacial score (nSPS) is 25.5. The first-order valence-corrected chi connectivity index (χ1v) is 13.6. The van der Waals surface area contributed by atoms with Gasteiger partial charge in [0.1, 0.15) is 11.4 Å². The molecule has 0 spiro atoms. The zero-order chi connectivity index (χ0) is 24.5. The van der Waals surface area contributed by atoms with Gasteiger partial charge in [0.05, 0.1) is 6.10 Å². The zero-order valence-electron chi connectivity index (χ0n) is 20.3. The van der Waals surface area contributed by atoms with Crippen molar-refractivity contribution in [1.29, 1.82) is 0 Å². The minimum Gasteiger partial charge on any atom is -0.365 e. The highest BCUT2D eigenvalue weighted by atomic mass is 31.2. The van der Waals surface area contributed by atoms with Crippen LogP contribution in [-0.2, 0) is 11.1 Å². The van der Waals surface area contributed by atoms with Crippen LogP contribution < -0.4 is 15.5 Å². The standard InChI is InChI=1S/C25H34N5O4P/c1-15-3-4-17(9-16(15)2)11-26-23-22(12-27-25(29-23)30-13-18-10-19(18)14-30)24(31)28-20-5-7-21(8-6-20)34-35(32)33/h3-4,9,12,18-21,32-33H,5-8,10-11,13-14H2,1-2H3,(H,28,31)(H,26,27,29). The van der Waals surface area contributed by atoms with Crippen LogP contribution in [0.1, 0.15) is 59.2 Å². The van der Waals surface area contributed by atoms with Gasteiger partial charge in [0.2, 0.25) is 5.95 Å². The molecule has 1 aromatic carbocycles. The molecule has 4 N–H and O–H groups in total. The summed E-state index contributed by atoms with van der Waals surface area (Å²) in [5.41, 5.74) is 4.06. The molecule has 0 radical (unpaired) electrons. The van der Waals surface area contributed by atoms with Crippen molar-refractivity contribution in [3.63, 3.8) is 0 Å². The molecule has 2 aliphatic carbocycles. The van der Waals surface area contributed by atoms with Gasteiger partial charge < -0.3 is 29.8 Å². The van der Waals surface area contributed by atoms with E-state index in [0.717, 1.165) is 43.3 Å². The molecular weight excluding hydrogens is 465 g/mol. The lowest BCUT2D eigenvalue weighted by Crippen LogP contribution is -2.39. The maximum Gasteiger partial charge on any atom is 0.327 e. The predicted molar refractivity (Wildman–Crippen MR) is 135 cm³/mol. The molecule has 35 heavy (non-hydrogen) atoms. The summed E-state index contributed by atoms with van der Waals surface area (Å²) < 4.78 is 5.14. The number of hydrogen-bond donors (Lipinski definition) is 4. The largest absolute Gasteiger partial charge is 0.365 e. The van der Waals surface area contributed by atoms with E-state index >= 15 is 0 Å². The average Bonchev–Trinajstić information content (AvgIpc) is 3.45. The fourth-order valence-corrected chi connectivity index (χ4v) is 5.67. The number of anilines is 2. The number of nitrogens with zero attached hydrogens (tertiary/aromatic N) is 3. The molecule has 2 unspecified atom stereocenters. The van der Waals surface area contributed by atoms with Gasteiger partial charge >= 0.3 is 8.60 Å². The van der Waals surface area contributed by atoms with E-state index in [2.05, 4.69) is 52.6 Å². The molecule has 10 heteroatoms. The van der Waals surface area contributed by atoms with Gasteiger partial charge in [0.15, 0.2) is 0 Å². The van der Waals surface area contributed by atoms with Crippen LogP contribution >= 0.6 is 8.60 Å². The van der Waals surface area contributed by atoms with Crippen molar-refractivity contribution in [3.8, 4) is 0 Å². The van der Waals surface area contributed by atoms with Crippen molar-refractivity contribution in [1.82, 2.24) is 15.3 Å². The van der Waals surface area contributed by atoms with Crippen molar-refractivity contribution in [2.45, 2.75) is 64.6 Å². The lowest BCUT2D eigenvalue weighted by molar-refractivity contribution is 0.0878. The average molecular weight is 500 g/mol. The number of carbonyl (C=O) groups excluding carboxylic acids is 1. The summed E-state index contributed by atoms with van der Waals surface area (Å²) in [4.78, 5) is 43.0. The molecule has 1 aromatic heterocycles. The summed E-state index contributed by atoms with van der Waals surface area (Å²) >= 11 is 0. The Hall–Kier alpha value is -2.32. The number of amides is 1. The van der Waals surface area contributed by atoms with Gasteiger partial charge in [0, 0.05) is 31.9 Å². The van der Waals surface area contributed by atoms with Crippen molar-refractivity contribution in [2.75, 3.05) is 23.3 Å². The molecule has 3 fully saturated rings. The number of hydrogen-bond acceptors (Lipinski definition) is 8. The highest BCUT2D eigenvalue weighted by molar-refractivity contribution is 7.39. The van der Waals surface area contributed by atoms with Crippen LogP contribution in [0.25, 0.3) is 0 Å². The zero-order valence-corrected chi connectivity index (χ0v) is 21.2. The Balaban J connectivity index is 1.28. The summed E-state index contributed by atoms with van der Waals surface area (Å²) in [6, 6.07) is 6.36. The van der Waals surface area contributed by atoms with Crippen LogP contribution in [0, 0.1) is 25.7 Å². The number of rotatable bonds is 8. The van der Waals surface area contributed by atoms with E-state index in [-0.39, 0.29) is 18.1 Å². The Bertz CT molecular complexity index is 1070. The van der Waals surface area contributed by atoms with Gasteiger partial charge in [-0.1, -0.05) is 18.2 Å². The van der Waals surface area contributed by atoms with Gasteiger partial charge in [-0.25, -0.2) is 4.98 Å². The number of benzene rings is 1. The number of aryl methyl sites for hydroxylation is 2. The van der Waals surface area contributed by atoms with Crippen molar-refractivity contribution in [3.05, 3.63) is 46.6 Å². The van der Waals surface area contributed by atoms with E-state index in [1.165, 1.54) is 17.5 Å². The molecule has 3 aliphatic rings. The second kappa shape index (κ2) is 10.3. The minimum absolute atomic E-state index is 0.00364. The van der Waals surface area contributed by atoms with Crippen molar-refractivity contribution >= 4 is 26.3 Å². The lowest BCUT2D eigenvalue weighted by atomic mass is 9.93. The molecule has 1 amide bonds. The highest BCUT2D eigenvalue weighted by Gasteiger charge is 2.46. The fourth-order valence-electron chi connectivity index (χ4n) is 5.20. The second-order valence-corrected chi connectivity index (χ2v) is 10.9. The maximum absolute atomic E-state index is 13.2. The van der Waals surface area contributed by atoms with Gasteiger partial charge in [-0.2, -0.15) is 4.98 Å². The van der Waals surface area contributed by atoms with E-state index in [0.29, 0.717) is 36.7 Å². The lowest BCUT2D eigenvalue weighted by Gasteiger charge is -2.29. The van der Waals surface area contributed by atoms with Crippen molar-refractivity contribution < 1.29 is 19.1 Å². The summed E-state index contributed by atoms with van der Waals surface area (Å²) in [7, 11) is -2.35. The van der Waals surface area contributed by atoms with Gasteiger partial charge in [-0.15, -0.1) is 0 Å². The van der Waals surface area contributed by atoms with Gasteiger partial charge in [-0.05, 0) is 74.5 Å². The van der Waals surface area contributed by atoms with Crippen LogP contribution in [0.4, 0.5) is 11.8 Å². The molecule has 0 bridgehead atoms. The Kier molecular flexibility index (Phi) is 7.21. The van der Waals surface area contributed by atoms with Crippen molar-refractivity contribution in [2.24, 2.45) is 11.8 Å².